The topological polar surface area (TPSA) is 118 Å². The lowest BCUT2D eigenvalue weighted by Gasteiger charge is -2.19. The lowest BCUT2D eigenvalue weighted by Crippen LogP contribution is -2.35. The molecular weight excluding hydrogens is 274 g/mol. The van der Waals surface area contributed by atoms with Gasteiger partial charge in [-0.25, -0.2) is 0 Å². The summed E-state index contributed by atoms with van der Waals surface area (Å²) in [5, 5.41) is 17.8. The molecule has 0 bridgehead atoms. The van der Waals surface area contributed by atoms with Gasteiger partial charge in [0.25, 0.3) is 5.91 Å². The lowest BCUT2D eigenvalue weighted by atomic mass is 10.1. The van der Waals surface area contributed by atoms with Crippen LogP contribution in [0.15, 0.2) is 0 Å². The number of rotatable bonds is 5. The van der Waals surface area contributed by atoms with Gasteiger partial charge < -0.3 is 10.6 Å². The van der Waals surface area contributed by atoms with Gasteiger partial charge in [0.1, 0.15) is 5.69 Å². The SMILES string of the molecule is CCCc1[nH]nc(C(=O)N2CC(CN)CC2C)c1[N+](=O)[O-]. The molecule has 1 saturated heterocycles. The Morgan fingerprint density at radius 2 is 2.33 bits per heavy atom. The number of likely N-dealkylation sites (tertiary alicyclic amines) is 1. The van der Waals surface area contributed by atoms with Gasteiger partial charge in [-0.3, -0.25) is 20.0 Å². The van der Waals surface area contributed by atoms with Crippen LogP contribution in [0.1, 0.15) is 42.9 Å². The fourth-order valence-electron chi connectivity index (χ4n) is 2.87. The molecule has 2 atom stereocenters. The lowest BCUT2D eigenvalue weighted by molar-refractivity contribution is -0.385. The second-order valence-electron chi connectivity index (χ2n) is 5.55. The van der Waals surface area contributed by atoms with Gasteiger partial charge >= 0.3 is 5.69 Å². The van der Waals surface area contributed by atoms with Crippen LogP contribution in [0.4, 0.5) is 5.69 Å². The number of nitro groups is 1. The van der Waals surface area contributed by atoms with Crippen LogP contribution < -0.4 is 5.73 Å². The fourth-order valence-corrected chi connectivity index (χ4v) is 2.87. The Morgan fingerprint density at radius 3 is 2.86 bits per heavy atom. The predicted molar refractivity (Wildman–Crippen MR) is 76.9 cm³/mol. The molecule has 1 aliphatic heterocycles. The summed E-state index contributed by atoms with van der Waals surface area (Å²) in [5.41, 5.74) is 5.78. The van der Waals surface area contributed by atoms with Crippen LogP contribution >= 0.6 is 0 Å². The molecule has 0 aliphatic carbocycles. The zero-order valence-corrected chi connectivity index (χ0v) is 12.3. The summed E-state index contributed by atoms with van der Waals surface area (Å²) in [6, 6.07) is 0.0250. The molecule has 3 N–H and O–H groups in total. The molecule has 1 aliphatic rings. The van der Waals surface area contributed by atoms with Crippen LogP contribution in [0.5, 0.6) is 0 Å². The molecule has 0 radical (unpaired) electrons. The van der Waals surface area contributed by atoms with Gasteiger partial charge in [0, 0.05) is 12.6 Å². The molecule has 8 heteroatoms. The first kappa shape index (κ1) is 15.4. The quantitative estimate of drug-likeness (QED) is 0.622. The number of carbonyl (C=O) groups excluding carboxylic acids is 1. The zero-order valence-electron chi connectivity index (χ0n) is 12.3. The zero-order chi connectivity index (χ0) is 15.6. The van der Waals surface area contributed by atoms with Crippen molar-refractivity contribution in [2.75, 3.05) is 13.1 Å². The minimum absolute atomic E-state index is 0.0250. The number of nitrogens with one attached hydrogen (secondary N) is 1. The first-order chi connectivity index (χ1) is 9.99. The Morgan fingerprint density at radius 1 is 1.62 bits per heavy atom. The molecule has 1 fully saturated rings. The van der Waals surface area contributed by atoms with Crippen molar-refractivity contribution in [2.45, 2.75) is 39.2 Å². The number of carbonyl (C=O) groups is 1. The molecule has 2 heterocycles. The maximum absolute atomic E-state index is 12.6. The van der Waals surface area contributed by atoms with Gasteiger partial charge in [0.15, 0.2) is 0 Å². The van der Waals surface area contributed by atoms with Crippen LogP contribution in [0.2, 0.25) is 0 Å². The number of aromatic amines is 1. The van der Waals surface area contributed by atoms with E-state index in [4.69, 9.17) is 5.73 Å². The van der Waals surface area contributed by atoms with E-state index in [2.05, 4.69) is 10.2 Å². The van der Waals surface area contributed by atoms with E-state index in [0.717, 1.165) is 12.8 Å². The van der Waals surface area contributed by atoms with E-state index in [1.807, 2.05) is 13.8 Å². The average molecular weight is 295 g/mol. The molecule has 0 saturated carbocycles. The first-order valence-electron chi connectivity index (χ1n) is 7.22. The largest absolute Gasteiger partial charge is 0.334 e. The van der Waals surface area contributed by atoms with Crippen molar-refractivity contribution in [3.63, 3.8) is 0 Å². The molecule has 116 valence electrons. The van der Waals surface area contributed by atoms with Crippen LogP contribution in [0, 0.1) is 16.0 Å². The maximum atomic E-state index is 12.6. The van der Waals surface area contributed by atoms with Crippen molar-refractivity contribution < 1.29 is 9.72 Å². The highest BCUT2D eigenvalue weighted by Crippen LogP contribution is 2.28. The average Bonchev–Trinajstić information content (AvgIpc) is 3.02. The van der Waals surface area contributed by atoms with E-state index >= 15 is 0 Å². The van der Waals surface area contributed by atoms with Crippen LogP contribution in [-0.4, -0.2) is 45.1 Å². The van der Waals surface area contributed by atoms with Crippen LogP contribution in [-0.2, 0) is 6.42 Å². The number of hydrogen-bond donors (Lipinski definition) is 2. The summed E-state index contributed by atoms with van der Waals surface area (Å²) in [6.45, 7) is 4.89. The summed E-state index contributed by atoms with van der Waals surface area (Å²) in [5.74, 6) is -0.138. The molecule has 2 unspecified atom stereocenters. The van der Waals surface area contributed by atoms with Crippen molar-refractivity contribution in [1.29, 1.82) is 0 Å². The fraction of sp³-hybridized carbons (Fsp3) is 0.692. The van der Waals surface area contributed by atoms with E-state index in [1.54, 1.807) is 4.90 Å². The molecular formula is C13H21N5O3. The van der Waals surface area contributed by atoms with Gasteiger partial charge in [-0.1, -0.05) is 13.3 Å². The second-order valence-corrected chi connectivity index (χ2v) is 5.55. The smallest absolute Gasteiger partial charge is 0.322 e. The van der Waals surface area contributed by atoms with Gasteiger partial charge in [0.05, 0.1) is 4.92 Å². The Balaban J connectivity index is 2.29. The maximum Gasteiger partial charge on any atom is 0.322 e. The van der Waals surface area contributed by atoms with Gasteiger partial charge in [-0.15, -0.1) is 0 Å². The molecule has 2 rings (SSSR count). The van der Waals surface area contributed by atoms with Crippen molar-refractivity contribution >= 4 is 11.6 Å². The Kier molecular flexibility index (Phi) is 4.56. The third-order valence-electron chi connectivity index (χ3n) is 3.95. The highest BCUT2D eigenvalue weighted by molar-refractivity contribution is 5.97. The number of hydrogen-bond acceptors (Lipinski definition) is 5. The van der Waals surface area contributed by atoms with E-state index in [9.17, 15) is 14.9 Å². The van der Waals surface area contributed by atoms with Crippen molar-refractivity contribution in [3.05, 3.63) is 21.5 Å². The molecule has 1 aromatic heterocycles. The number of aromatic nitrogens is 2. The van der Waals surface area contributed by atoms with Crippen molar-refractivity contribution in [1.82, 2.24) is 15.1 Å². The third-order valence-corrected chi connectivity index (χ3v) is 3.95. The van der Waals surface area contributed by atoms with Gasteiger partial charge in [-0.05, 0) is 32.2 Å². The minimum atomic E-state index is -0.525. The number of nitrogens with two attached hydrogens (primary N) is 1. The number of nitrogens with zero attached hydrogens (tertiary/aromatic N) is 3. The highest BCUT2D eigenvalue weighted by atomic mass is 16.6. The van der Waals surface area contributed by atoms with E-state index in [1.165, 1.54) is 0 Å². The summed E-state index contributed by atoms with van der Waals surface area (Å²) in [7, 11) is 0. The highest BCUT2D eigenvalue weighted by Gasteiger charge is 2.37. The summed E-state index contributed by atoms with van der Waals surface area (Å²) >= 11 is 0. The number of aryl methyl sites for hydroxylation is 1. The molecule has 21 heavy (non-hydrogen) atoms. The molecule has 1 amide bonds. The van der Waals surface area contributed by atoms with Gasteiger partial charge in [-0.2, -0.15) is 5.10 Å². The summed E-state index contributed by atoms with van der Waals surface area (Å²) in [4.78, 5) is 24.9. The number of amides is 1. The Bertz CT molecular complexity index is 542. The Labute approximate surface area is 122 Å². The predicted octanol–water partition coefficient (Wildman–Crippen LogP) is 1.08. The molecule has 0 aromatic carbocycles. The Hall–Kier alpha value is -1.96. The normalized spacial score (nSPS) is 21.8. The van der Waals surface area contributed by atoms with Crippen LogP contribution in [0.25, 0.3) is 0 Å². The van der Waals surface area contributed by atoms with Crippen molar-refractivity contribution in [2.24, 2.45) is 11.7 Å². The van der Waals surface area contributed by atoms with E-state index < -0.39 is 4.92 Å². The standard InChI is InChI=1S/C13H21N5O3/c1-3-4-10-12(18(20)21)11(16-15-10)13(19)17-7-9(6-14)5-8(17)2/h8-9H,3-7,14H2,1-2H3,(H,15,16). The van der Waals surface area contributed by atoms with E-state index in [-0.39, 0.29) is 29.2 Å². The van der Waals surface area contributed by atoms with Crippen LogP contribution in [0.3, 0.4) is 0 Å². The second kappa shape index (κ2) is 6.21. The number of H-pyrrole nitrogens is 1. The van der Waals surface area contributed by atoms with E-state index in [0.29, 0.717) is 25.2 Å². The molecule has 8 nitrogen and oxygen atoms in total. The van der Waals surface area contributed by atoms with Crippen molar-refractivity contribution in [3.8, 4) is 0 Å². The third kappa shape index (κ3) is 2.90. The summed E-state index contributed by atoms with van der Waals surface area (Å²) < 4.78 is 0. The molecule has 0 spiro atoms. The monoisotopic (exact) mass is 295 g/mol. The summed E-state index contributed by atoms with van der Waals surface area (Å²) in [6.07, 6.45) is 2.06. The minimum Gasteiger partial charge on any atom is -0.334 e. The molecule has 1 aromatic rings. The first-order valence-corrected chi connectivity index (χ1v) is 7.22. The van der Waals surface area contributed by atoms with Gasteiger partial charge in [0.2, 0.25) is 5.69 Å².